The zero-order valence-corrected chi connectivity index (χ0v) is 38.0. The minimum atomic E-state index is 0.586. The fourth-order valence-corrected chi connectivity index (χ4v) is 10.2. The summed E-state index contributed by atoms with van der Waals surface area (Å²) >= 11 is 0. The van der Waals surface area contributed by atoms with Crippen LogP contribution in [0.2, 0.25) is 0 Å². The summed E-state index contributed by atoms with van der Waals surface area (Å²) in [5, 5.41) is 0. The molecule has 0 N–H and O–H groups in total. The average molecular weight is 799 g/mol. The van der Waals surface area contributed by atoms with Crippen molar-refractivity contribution >= 4 is 0 Å². The summed E-state index contributed by atoms with van der Waals surface area (Å²) in [5.74, 6) is 21.9. The summed E-state index contributed by atoms with van der Waals surface area (Å²) in [7, 11) is 0. The average Bonchev–Trinajstić information content (AvgIpc) is 3.28. The Morgan fingerprint density at radius 3 is 1.24 bits per heavy atom. The highest BCUT2D eigenvalue weighted by atomic mass is 16.5. The molecule has 4 fully saturated rings. The summed E-state index contributed by atoms with van der Waals surface area (Å²) in [6, 6.07) is 17.6. The fourth-order valence-electron chi connectivity index (χ4n) is 10.2. The molecule has 2 nitrogen and oxygen atoms in total. The largest absolute Gasteiger partial charge is 0.494 e. The number of ether oxygens (including phenoxy) is 2. The molecule has 0 unspecified atom stereocenters. The SMILES string of the molecule is CCCCOc1ccc(C2CCC(C#CC=CC3CCC(CCC)CC3)CC2)cc1.CCCOc1ccc(C2CCC(C#CC=CC3CCC(CCC)CC3)CC2)cc1. The van der Waals surface area contributed by atoms with Crippen LogP contribution in [0.15, 0.2) is 72.8 Å². The topological polar surface area (TPSA) is 18.5 Å². The van der Waals surface area contributed by atoms with Crippen molar-refractivity contribution in [1.29, 1.82) is 0 Å². The van der Waals surface area contributed by atoms with Crippen molar-refractivity contribution in [3.8, 4) is 35.2 Å². The first-order valence-corrected chi connectivity index (χ1v) is 24.9. The molecule has 0 bridgehead atoms. The highest BCUT2D eigenvalue weighted by Gasteiger charge is 2.23. The van der Waals surface area contributed by atoms with Crippen LogP contribution in [0.4, 0.5) is 0 Å². The Bertz CT molecular complexity index is 1580. The van der Waals surface area contributed by atoms with E-state index in [1.807, 2.05) is 0 Å². The van der Waals surface area contributed by atoms with Crippen LogP contribution in [0, 0.1) is 59.2 Å². The van der Waals surface area contributed by atoms with Gasteiger partial charge in [-0.05, 0) is 199 Å². The normalized spacial score (nSPS) is 27.1. The van der Waals surface area contributed by atoms with Crippen LogP contribution in [0.5, 0.6) is 11.5 Å². The van der Waals surface area contributed by atoms with Gasteiger partial charge in [-0.2, -0.15) is 0 Å². The summed E-state index contributed by atoms with van der Waals surface area (Å²) in [5.41, 5.74) is 2.95. The van der Waals surface area contributed by atoms with Gasteiger partial charge in [-0.15, -0.1) is 0 Å². The lowest BCUT2D eigenvalue weighted by atomic mass is 9.79. The molecule has 6 rings (SSSR count). The summed E-state index contributed by atoms with van der Waals surface area (Å²) < 4.78 is 11.5. The minimum Gasteiger partial charge on any atom is -0.494 e. The Balaban J connectivity index is 0.000000224. The molecule has 2 heteroatoms. The van der Waals surface area contributed by atoms with Gasteiger partial charge in [0, 0.05) is 11.8 Å². The maximum absolute atomic E-state index is 5.80. The van der Waals surface area contributed by atoms with Gasteiger partial charge in [-0.25, -0.2) is 0 Å². The highest BCUT2D eigenvalue weighted by Crippen LogP contribution is 2.38. The highest BCUT2D eigenvalue weighted by molar-refractivity contribution is 5.31. The predicted molar refractivity (Wildman–Crippen MR) is 253 cm³/mol. The van der Waals surface area contributed by atoms with Crippen LogP contribution < -0.4 is 9.47 Å². The van der Waals surface area contributed by atoms with E-state index in [-0.39, 0.29) is 0 Å². The van der Waals surface area contributed by atoms with Gasteiger partial charge in [0.2, 0.25) is 0 Å². The Hall–Kier alpha value is -3.36. The second-order valence-corrected chi connectivity index (χ2v) is 18.7. The van der Waals surface area contributed by atoms with Gasteiger partial charge >= 0.3 is 0 Å². The Morgan fingerprint density at radius 1 is 0.458 bits per heavy atom. The van der Waals surface area contributed by atoms with Crippen LogP contribution in [-0.4, -0.2) is 13.2 Å². The summed E-state index contributed by atoms with van der Waals surface area (Å²) in [6.07, 6.45) is 39.2. The molecule has 0 saturated heterocycles. The second kappa shape index (κ2) is 27.5. The van der Waals surface area contributed by atoms with Crippen molar-refractivity contribution in [2.75, 3.05) is 13.2 Å². The van der Waals surface area contributed by atoms with Crippen molar-refractivity contribution in [1.82, 2.24) is 0 Å². The monoisotopic (exact) mass is 799 g/mol. The molecule has 0 amide bonds. The Morgan fingerprint density at radius 2 is 0.864 bits per heavy atom. The van der Waals surface area contributed by atoms with E-state index >= 15 is 0 Å². The van der Waals surface area contributed by atoms with E-state index in [1.165, 1.54) is 146 Å². The lowest BCUT2D eigenvalue weighted by Gasteiger charge is -2.26. The zero-order valence-electron chi connectivity index (χ0n) is 38.0. The minimum absolute atomic E-state index is 0.586. The number of benzene rings is 2. The molecule has 322 valence electrons. The van der Waals surface area contributed by atoms with Gasteiger partial charge in [-0.3, -0.25) is 0 Å². The third-order valence-electron chi connectivity index (χ3n) is 14.1. The molecule has 2 aromatic carbocycles. The second-order valence-electron chi connectivity index (χ2n) is 18.7. The Labute approximate surface area is 363 Å². The van der Waals surface area contributed by atoms with Gasteiger partial charge < -0.3 is 9.47 Å². The van der Waals surface area contributed by atoms with Crippen LogP contribution in [-0.2, 0) is 0 Å². The van der Waals surface area contributed by atoms with Crippen molar-refractivity contribution in [3.63, 3.8) is 0 Å². The predicted octanol–water partition coefficient (Wildman–Crippen LogP) is 16.2. The molecule has 4 saturated carbocycles. The van der Waals surface area contributed by atoms with E-state index in [0.29, 0.717) is 23.7 Å². The molecule has 0 heterocycles. The molecule has 4 aliphatic carbocycles. The van der Waals surface area contributed by atoms with E-state index < -0.39 is 0 Å². The van der Waals surface area contributed by atoms with Crippen LogP contribution in [0.3, 0.4) is 0 Å². The number of rotatable bonds is 15. The maximum atomic E-state index is 5.80. The molecule has 0 atom stereocenters. The zero-order chi connectivity index (χ0) is 41.3. The quantitative estimate of drug-likeness (QED) is 0.132. The van der Waals surface area contributed by atoms with Crippen molar-refractivity contribution in [2.24, 2.45) is 35.5 Å². The molecular weight excluding hydrogens is 717 g/mol. The number of allylic oxidation sites excluding steroid dienone is 4. The van der Waals surface area contributed by atoms with E-state index in [4.69, 9.17) is 9.47 Å². The first-order chi connectivity index (χ1) is 29.1. The molecule has 0 aromatic heterocycles. The van der Waals surface area contributed by atoms with E-state index in [0.717, 1.165) is 61.2 Å². The lowest BCUT2D eigenvalue weighted by molar-refractivity contribution is 0.294. The van der Waals surface area contributed by atoms with Crippen molar-refractivity contribution in [3.05, 3.63) is 84.0 Å². The van der Waals surface area contributed by atoms with E-state index in [9.17, 15) is 0 Å². The molecule has 59 heavy (non-hydrogen) atoms. The van der Waals surface area contributed by atoms with Crippen LogP contribution in [0.25, 0.3) is 0 Å². The lowest BCUT2D eigenvalue weighted by Crippen LogP contribution is -2.12. The number of hydrogen-bond donors (Lipinski definition) is 0. The van der Waals surface area contributed by atoms with Gasteiger partial charge in [-0.1, -0.05) is 120 Å². The van der Waals surface area contributed by atoms with Crippen LogP contribution >= 0.6 is 0 Å². The maximum Gasteiger partial charge on any atom is 0.119 e. The first-order valence-electron chi connectivity index (χ1n) is 24.9. The molecular formula is C57H82O2. The Kier molecular flexibility index (Phi) is 21.8. The van der Waals surface area contributed by atoms with Crippen molar-refractivity contribution < 1.29 is 9.47 Å². The fraction of sp³-hybridized carbons (Fsp3) is 0.649. The van der Waals surface area contributed by atoms with Crippen molar-refractivity contribution in [2.45, 2.75) is 187 Å². The molecule has 2 aromatic rings. The van der Waals surface area contributed by atoms with Gasteiger partial charge in [0.05, 0.1) is 13.2 Å². The summed E-state index contributed by atoms with van der Waals surface area (Å²) in [6.45, 7) is 10.6. The number of hydrogen-bond acceptors (Lipinski definition) is 2. The summed E-state index contributed by atoms with van der Waals surface area (Å²) in [4.78, 5) is 0. The first kappa shape index (κ1) is 46.7. The smallest absolute Gasteiger partial charge is 0.119 e. The third-order valence-corrected chi connectivity index (χ3v) is 14.1. The van der Waals surface area contributed by atoms with Gasteiger partial charge in [0.1, 0.15) is 11.5 Å². The standard InChI is InChI=1S/C29H42O.C28H40O/c1-3-5-23-30-29-21-19-28(20-22-29)27-17-15-26(16-18-27)10-7-6-9-25-13-11-24(8-4-2)12-14-25;1-3-7-23-10-12-24(13-11-23)8-5-6-9-25-14-16-26(17-15-25)27-18-20-28(21-19-27)29-22-4-2/h6,9,19-22,24-27H,3-5,8,11-18,23H2,1-2H3;5,8,18-21,23-26H,3-4,7,10-17,22H2,1-2H3. The molecule has 0 aliphatic heterocycles. The van der Waals surface area contributed by atoms with Gasteiger partial charge in [0.25, 0.3) is 0 Å². The van der Waals surface area contributed by atoms with E-state index in [1.54, 1.807) is 0 Å². The third kappa shape index (κ3) is 17.3. The van der Waals surface area contributed by atoms with Gasteiger partial charge in [0.15, 0.2) is 0 Å². The molecule has 0 radical (unpaired) electrons. The number of unbranched alkanes of at least 4 members (excludes halogenated alkanes) is 1. The van der Waals surface area contributed by atoms with E-state index in [2.05, 4.69) is 124 Å². The van der Waals surface area contributed by atoms with Crippen LogP contribution in [0.1, 0.15) is 198 Å². The molecule has 0 spiro atoms. The molecule has 4 aliphatic rings.